The van der Waals surface area contributed by atoms with E-state index in [2.05, 4.69) is 15.3 Å². The van der Waals surface area contributed by atoms with E-state index in [-0.39, 0.29) is 12.1 Å². The summed E-state index contributed by atoms with van der Waals surface area (Å²) in [5.74, 6) is 0. The first-order chi connectivity index (χ1) is 6.22. The fourth-order valence-corrected chi connectivity index (χ4v) is 1.24. The average molecular weight is 186 g/mol. The van der Waals surface area contributed by atoms with Gasteiger partial charge in [-0.05, 0) is 12.0 Å². The zero-order valence-electron chi connectivity index (χ0n) is 6.88. The Morgan fingerprint density at radius 2 is 2.46 bits per heavy atom. The molecule has 1 amide bonds. The van der Waals surface area contributed by atoms with Crippen molar-refractivity contribution in [3.05, 3.63) is 10.4 Å². The lowest BCUT2D eigenvalue weighted by Crippen LogP contribution is -2.43. The molecule has 2 N–H and O–H groups in total. The first kappa shape index (κ1) is 9.63. The molecular weight excluding hydrogens is 176 g/mol. The second-order valence-corrected chi connectivity index (χ2v) is 2.78. The van der Waals surface area contributed by atoms with Gasteiger partial charge in [0.15, 0.2) is 0 Å². The second-order valence-electron chi connectivity index (χ2n) is 2.78. The Balaban J connectivity index is 2.41. The van der Waals surface area contributed by atoms with Gasteiger partial charge < -0.3 is 15.2 Å². The Labute approximate surface area is 74.3 Å². The molecule has 0 aliphatic carbocycles. The molecule has 13 heavy (non-hydrogen) atoms. The summed E-state index contributed by atoms with van der Waals surface area (Å²) >= 11 is 0. The highest BCUT2D eigenvalue weighted by Crippen LogP contribution is 2.10. The van der Waals surface area contributed by atoms with Crippen molar-refractivity contribution in [3.63, 3.8) is 0 Å². The molecular formula is C6H10N4O3. The number of hydrogen-bond acceptors (Lipinski definition) is 3. The predicted octanol–water partition coefficient (Wildman–Crippen LogP) is 0.722. The summed E-state index contributed by atoms with van der Waals surface area (Å²) in [5, 5.41) is 14.2. The molecule has 0 spiro atoms. The molecule has 1 aliphatic rings. The molecule has 0 aromatic rings. The average Bonchev–Trinajstić information content (AvgIpc) is 2.04. The summed E-state index contributed by atoms with van der Waals surface area (Å²) in [7, 11) is 0. The predicted molar refractivity (Wildman–Crippen MR) is 43.3 cm³/mol. The molecule has 1 heterocycles. The van der Waals surface area contributed by atoms with Gasteiger partial charge in [-0.1, -0.05) is 5.11 Å². The number of amides is 1. The normalized spacial score (nSPS) is 27.4. The van der Waals surface area contributed by atoms with Crippen LogP contribution in [0.3, 0.4) is 0 Å². The third kappa shape index (κ3) is 3.18. The Kier molecular flexibility index (Phi) is 3.36. The standard InChI is InChI=1S/C6H10N4O3/c7-10-9-5-1-4(2-13-3-5)8-6(11)12/h4-5,8H,1-3H2,(H,11,12). The second kappa shape index (κ2) is 4.54. The van der Waals surface area contributed by atoms with Crippen LogP contribution in [0.5, 0.6) is 0 Å². The highest BCUT2D eigenvalue weighted by Gasteiger charge is 2.22. The van der Waals surface area contributed by atoms with Crippen LogP contribution in [-0.4, -0.2) is 36.5 Å². The fraction of sp³-hybridized carbons (Fsp3) is 0.833. The van der Waals surface area contributed by atoms with E-state index in [0.717, 1.165) is 0 Å². The van der Waals surface area contributed by atoms with Gasteiger partial charge in [-0.3, -0.25) is 0 Å². The molecule has 0 aromatic heterocycles. The van der Waals surface area contributed by atoms with E-state index >= 15 is 0 Å². The van der Waals surface area contributed by atoms with Gasteiger partial charge >= 0.3 is 6.09 Å². The van der Waals surface area contributed by atoms with Crippen LogP contribution in [0, 0.1) is 0 Å². The molecule has 0 saturated carbocycles. The molecule has 2 unspecified atom stereocenters. The molecule has 1 rings (SSSR count). The Bertz CT molecular complexity index is 238. The van der Waals surface area contributed by atoms with Gasteiger partial charge in [0.25, 0.3) is 0 Å². The number of hydrogen-bond donors (Lipinski definition) is 2. The van der Waals surface area contributed by atoms with E-state index in [1.54, 1.807) is 0 Å². The molecule has 7 nitrogen and oxygen atoms in total. The fourth-order valence-electron chi connectivity index (χ4n) is 1.24. The summed E-state index contributed by atoms with van der Waals surface area (Å²) in [6.07, 6.45) is -0.591. The first-order valence-corrected chi connectivity index (χ1v) is 3.83. The van der Waals surface area contributed by atoms with Crippen molar-refractivity contribution in [2.45, 2.75) is 18.5 Å². The molecule has 0 aromatic carbocycles. The van der Waals surface area contributed by atoms with Crippen molar-refractivity contribution in [3.8, 4) is 0 Å². The number of ether oxygens (including phenoxy) is 1. The lowest BCUT2D eigenvalue weighted by molar-refractivity contribution is 0.0566. The van der Waals surface area contributed by atoms with Gasteiger partial charge in [0, 0.05) is 4.91 Å². The number of rotatable bonds is 2. The number of nitrogens with zero attached hydrogens (tertiary/aromatic N) is 3. The minimum atomic E-state index is -1.09. The quantitative estimate of drug-likeness (QED) is 0.376. The van der Waals surface area contributed by atoms with Crippen molar-refractivity contribution in [2.24, 2.45) is 5.11 Å². The summed E-state index contributed by atoms with van der Waals surface area (Å²) < 4.78 is 5.06. The Hall–Kier alpha value is -1.46. The van der Waals surface area contributed by atoms with Gasteiger partial charge in [-0.15, -0.1) is 0 Å². The minimum absolute atomic E-state index is 0.268. The maximum atomic E-state index is 10.3. The number of azide groups is 1. The molecule has 7 heteroatoms. The van der Waals surface area contributed by atoms with Crippen LogP contribution in [0.4, 0.5) is 4.79 Å². The molecule has 2 atom stereocenters. The minimum Gasteiger partial charge on any atom is -0.465 e. The third-order valence-electron chi connectivity index (χ3n) is 1.73. The van der Waals surface area contributed by atoms with Gasteiger partial charge in [-0.2, -0.15) is 0 Å². The van der Waals surface area contributed by atoms with Crippen LogP contribution in [0.15, 0.2) is 5.11 Å². The van der Waals surface area contributed by atoms with E-state index in [9.17, 15) is 4.79 Å². The van der Waals surface area contributed by atoms with Crippen molar-refractivity contribution >= 4 is 6.09 Å². The van der Waals surface area contributed by atoms with Crippen molar-refractivity contribution < 1.29 is 14.6 Å². The van der Waals surface area contributed by atoms with Gasteiger partial charge in [-0.25, -0.2) is 4.79 Å². The molecule has 1 saturated heterocycles. The summed E-state index contributed by atoms with van der Waals surface area (Å²) in [5.41, 5.74) is 8.15. The van der Waals surface area contributed by atoms with E-state index < -0.39 is 6.09 Å². The zero-order valence-corrected chi connectivity index (χ0v) is 6.88. The summed E-state index contributed by atoms with van der Waals surface area (Å²) in [6, 6.07) is -0.544. The molecule has 72 valence electrons. The Morgan fingerprint density at radius 3 is 3.08 bits per heavy atom. The van der Waals surface area contributed by atoms with E-state index in [4.69, 9.17) is 15.4 Å². The number of carboxylic acid groups (broad SMARTS) is 1. The van der Waals surface area contributed by atoms with Crippen LogP contribution in [0.2, 0.25) is 0 Å². The van der Waals surface area contributed by atoms with Gasteiger partial charge in [0.1, 0.15) is 0 Å². The van der Waals surface area contributed by atoms with Crippen molar-refractivity contribution in [2.75, 3.05) is 13.2 Å². The Morgan fingerprint density at radius 1 is 1.69 bits per heavy atom. The topological polar surface area (TPSA) is 107 Å². The van der Waals surface area contributed by atoms with Crippen LogP contribution in [0.25, 0.3) is 10.4 Å². The van der Waals surface area contributed by atoms with Crippen LogP contribution in [0.1, 0.15) is 6.42 Å². The van der Waals surface area contributed by atoms with Crippen molar-refractivity contribution in [1.29, 1.82) is 0 Å². The SMILES string of the molecule is [N-]=[N+]=NC1COCC(NC(=O)O)C1. The van der Waals surface area contributed by atoms with Gasteiger partial charge in [0.05, 0.1) is 25.3 Å². The van der Waals surface area contributed by atoms with Crippen LogP contribution >= 0.6 is 0 Å². The van der Waals surface area contributed by atoms with Crippen molar-refractivity contribution in [1.82, 2.24) is 5.32 Å². The number of nitrogens with one attached hydrogen (secondary N) is 1. The monoisotopic (exact) mass is 186 g/mol. The largest absolute Gasteiger partial charge is 0.465 e. The summed E-state index contributed by atoms with van der Waals surface area (Å²) in [4.78, 5) is 12.9. The first-order valence-electron chi connectivity index (χ1n) is 3.83. The zero-order chi connectivity index (χ0) is 9.68. The lowest BCUT2D eigenvalue weighted by atomic mass is 10.1. The van der Waals surface area contributed by atoms with E-state index in [0.29, 0.717) is 19.6 Å². The summed E-state index contributed by atoms with van der Waals surface area (Å²) in [6.45, 7) is 0.700. The van der Waals surface area contributed by atoms with E-state index in [1.807, 2.05) is 0 Å². The molecule has 0 bridgehead atoms. The number of carbonyl (C=O) groups is 1. The third-order valence-corrected chi connectivity index (χ3v) is 1.73. The lowest BCUT2D eigenvalue weighted by Gasteiger charge is -2.26. The maximum Gasteiger partial charge on any atom is 0.404 e. The van der Waals surface area contributed by atoms with Crippen LogP contribution < -0.4 is 5.32 Å². The molecule has 1 aliphatic heterocycles. The highest BCUT2D eigenvalue weighted by molar-refractivity contribution is 5.64. The molecule has 0 radical (unpaired) electrons. The van der Waals surface area contributed by atoms with E-state index in [1.165, 1.54) is 0 Å². The molecule has 1 fully saturated rings. The van der Waals surface area contributed by atoms with Crippen LogP contribution in [-0.2, 0) is 4.74 Å². The van der Waals surface area contributed by atoms with Gasteiger partial charge in [0.2, 0.25) is 0 Å². The highest BCUT2D eigenvalue weighted by atomic mass is 16.5. The smallest absolute Gasteiger partial charge is 0.404 e. The maximum absolute atomic E-state index is 10.3.